The number of aromatic nitrogens is 2. The Bertz CT molecular complexity index is 583. The van der Waals surface area contributed by atoms with Crippen LogP contribution >= 0.6 is 0 Å². The van der Waals surface area contributed by atoms with Crippen LogP contribution in [0.25, 0.3) is 0 Å². The minimum absolute atomic E-state index is 0.0451. The van der Waals surface area contributed by atoms with Crippen LogP contribution in [0, 0.1) is 25.5 Å². The number of hydrogen-bond acceptors (Lipinski definition) is 2. The highest BCUT2D eigenvalue weighted by Gasteiger charge is 2.11. The largest absolute Gasteiger partial charge is 0.348 e. The molecule has 100 valence electrons. The number of carbonyl (C=O) groups is 1. The molecule has 0 aliphatic carbocycles. The summed E-state index contributed by atoms with van der Waals surface area (Å²) in [6, 6.07) is 2.71. The number of aryl methyl sites for hydroxylation is 2. The molecule has 1 amide bonds. The van der Waals surface area contributed by atoms with Crippen LogP contribution in [0.5, 0.6) is 0 Å². The van der Waals surface area contributed by atoms with Gasteiger partial charge in [0.05, 0.1) is 5.69 Å². The van der Waals surface area contributed by atoms with Crippen LogP contribution in [0.4, 0.5) is 8.78 Å². The van der Waals surface area contributed by atoms with Gasteiger partial charge in [0.15, 0.2) is 0 Å². The number of aromatic amines is 1. The molecule has 0 spiro atoms. The predicted octanol–water partition coefficient (Wildman–Crippen LogP) is 2.23. The number of halogens is 2. The number of rotatable bonds is 3. The van der Waals surface area contributed by atoms with E-state index in [-0.39, 0.29) is 12.1 Å². The van der Waals surface area contributed by atoms with Crippen molar-refractivity contribution in [1.82, 2.24) is 15.5 Å². The van der Waals surface area contributed by atoms with Crippen molar-refractivity contribution >= 4 is 5.91 Å². The lowest BCUT2D eigenvalue weighted by atomic mass is 10.1. The Labute approximate surface area is 108 Å². The molecule has 0 aliphatic rings. The summed E-state index contributed by atoms with van der Waals surface area (Å²) in [6.07, 6.45) is 0. The molecule has 1 aromatic carbocycles. The van der Waals surface area contributed by atoms with Crippen molar-refractivity contribution in [2.75, 3.05) is 0 Å². The molecule has 19 heavy (non-hydrogen) atoms. The van der Waals surface area contributed by atoms with E-state index in [2.05, 4.69) is 15.5 Å². The van der Waals surface area contributed by atoms with Crippen molar-refractivity contribution in [3.05, 3.63) is 52.3 Å². The van der Waals surface area contributed by atoms with Crippen molar-refractivity contribution < 1.29 is 13.6 Å². The van der Waals surface area contributed by atoms with Crippen LogP contribution in [0.15, 0.2) is 18.2 Å². The number of amides is 1. The quantitative estimate of drug-likeness (QED) is 0.894. The molecule has 0 bridgehead atoms. The van der Waals surface area contributed by atoms with Gasteiger partial charge in [0.1, 0.15) is 11.6 Å². The van der Waals surface area contributed by atoms with Gasteiger partial charge in [-0.25, -0.2) is 8.78 Å². The fraction of sp³-hybridized carbons (Fsp3) is 0.231. The van der Waals surface area contributed by atoms with E-state index >= 15 is 0 Å². The van der Waals surface area contributed by atoms with E-state index in [4.69, 9.17) is 0 Å². The standard InChI is InChI=1S/C13H13F2N3O/c1-7-12(8(2)18-17-7)6-16-13(19)9-3-10(14)5-11(15)4-9/h3-5H,6H2,1-2H3,(H,16,19)(H,17,18). The Morgan fingerprint density at radius 1 is 1.26 bits per heavy atom. The summed E-state index contributed by atoms with van der Waals surface area (Å²) in [5.41, 5.74) is 2.45. The van der Waals surface area contributed by atoms with Crippen molar-refractivity contribution in [2.24, 2.45) is 0 Å². The van der Waals surface area contributed by atoms with Crippen LogP contribution in [0.3, 0.4) is 0 Å². The fourth-order valence-corrected chi connectivity index (χ4v) is 1.79. The molecule has 4 nitrogen and oxygen atoms in total. The molecule has 1 aromatic heterocycles. The second-order valence-corrected chi connectivity index (χ2v) is 4.25. The lowest BCUT2D eigenvalue weighted by molar-refractivity contribution is 0.0950. The van der Waals surface area contributed by atoms with Gasteiger partial charge in [-0.1, -0.05) is 0 Å². The fourth-order valence-electron chi connectivity index (χ4n) is 1.79. The second kappa shape index (κ2) is 5.17. The first-order chi connectivity index (χ1) is 8.97. The van der Waals surface area contributed by atoms with Gasteiger partial charge in [-0.2, -0.15) is 5.10 Å². The van der Waals surface area contributed by atoms with Gasteiger partial charge >= 0.3 is 0 Å². The molecule has 2 aromatic rings. The highest BCUT2D eigenvalue weighted by atomic mass is 19.1. The Balaban J connectivity index is 2.09. The molecule has 0 saturated heterocycles. The van der Waals surface area contributed by atoms with E-state index in [9.17, 15) is 13.6 Å². The normalized spacial score (nSPS) is 10.5. The number of nitrogens with zero attached hydrogens (tertiary/aromatic N) is 1. The van der Waals surface area contributed by atoms with Crippen molar-refractivity contribution in [3.8, 4) is 0 Å². The molecule has 0 unspecified atom stereocenters. The summed E-state index contributed by atoms with van der Waals surface area (Å²) in [5, 5.41) is 9.40. The van der Waals surface area contributed by atoms with Gasteiger partial charge < -0.3 is 5.32 Å². The molecular formula is C13H13F2N3O. The minimum atomic E-state index is -0.777. The molecule has 2 rings (SSSR count). The Hall–Kier alpha value is -2.24. The maximum absolute atomic E-state index is 13.0. The highest BCUT2D eigenvalue weighted by Crippen LogP contribution is 2.11. The van der Waals surface area contributed by atoms with Gasteiger partial charge in [0.2, 0.25) is 0 Å². The molecule has 0 aliphatic heterocycles. The Kier molecular flexibility index (Phi) is 3.59. The van der Waals surface area contributed by atoms with Crippen LogP contribution in [-0.2, 0) is 6.54 Å². The van der Waals surface area contributed by atoms with E-state index < -0.39 is 17.5 Å². The predicted molar refractivity (Wildman–Crippen MR) is 65.6 cm³/mol. The van der Waals surface area contributed by atoms with E-state index in [1.165, 1.54) is 0 Å². The number of H-pyrrole nitrogens is 1. The average molecular weight is 265 g/mol. The molecular weight excluding hydrogens is 252 g/mol. The van der Waals surface area contributed by atoms with E-state index in [0.717, 1.165) is 35.2 Å². The third-order valence-electron chi connectivity index (χ3n) is 2.83. The lowest BCUT2D eigenvalue weighted by Gasteiger charge is -2.06. The summed E-state index contributed by atoms with van der Waals surface area (Å²) in [4.78, 5) is 11.8. The van der Waals surface area contributed by atoms with Crippen molar-refractivity contribution in [2.45, 2.75) is 20.4 Å². The van der Waals surface area contributed by atoms with Crippen LogP contribution < -0.4 is 5.32 Å². The van der Waals surface area contributed by atoms with Gasteiger partial charge in [-0.3, -0.25) is 9.89 Å². The van der Waals surface area contributed by atoms with Gasteiger partial charge in [-0.15, -0.1) is 0 Å². The molecule has 0 saturated carbocycles. The van der Waals surface area contributed by atoms with E-state index in [1.807, 2.05) is 13.8 Å². The number of carbonyl (C=O) groups excluding carboxylic acids is 1. The van der Waals surface area contributed by atoms with Crippen LogP contribution in [-0.4, -0.2) is 16.1 Å². The van der Waals surface area contributed by atoms with Gasteiger partial charge in [-0.05, 0) is 26.0 Å². The minimum Gasteiger partial charge on any atom is -0.348 e. The zero-order valence-electron chi connectivity index (χ0n) is 10.6. The average Bonchev–Trinajstić information content (AvgIpc) is 2.65. The van der Waals surface area contributed by atoms with Gasteiger partial charge in [0, 0.05) is 29.4 Å². The topological polar surface area (TPSA) is 57.8 Å². The zero-order valence-corrected chi connectivity index (χ0v) is 10.6. The molecule has 0 atom stereocenters. The first-order valence-electron chi connectivity index (χ1n) is 5.72. The van der Waals surface area contributed by atoms with E-state index in [1.54, 1.807) is 0 Å². The molecule has 0 fully saturated rings. The highest BCUT2D eigenvalue weighted by molar-refractivity contribution is 5.94. The zero-order chi connectivity index (χ0) is 14.0. The first kappa shape index (κ1) is 13.2. The third kappa shape index (κ3) is 2.96. The third-order valence-corrected chi connectivity index (χ3v) is 2.83. The molecule has 1 heterocycles. The first-order valence-corrected chi connectivity index (χ1v) is 5.72. The maximum Gasteiger partial charge on any atom is 0.251 e. The number of benzene rings is 1. The Morgan fingerprint density at radius 2 is 1.89 bits per heavy atom. The second-order valence-electron chi connectivity index (χ2n) is 4.25. The van der Waals surface area contributed by atoms with Crippen LogP contribution in [0.2, 0.25) is 0 Å². The molecule has 6 heteroatoms. The van der Waals surface area contributed by atoms with E-state index in [0.29, 0.717) is 0 Å². The van der Waals surface area contributed by atoms with Crippen LogP contribution in [0.1, 0.15) is 27.3 Å². The summed E-state index contributed by atoms with van der Waals surface area (Å²) in [5.74, 6) is -2.08. The molecule has 0 radical (unpaired) electrons. The number of hydrogen-bond donors (Lipinski definition) is 2. The monoisotopic (exact) mass is 265 g/mol. The summed E-state index contributed by atoms with van der Waals surface area (Å²) in [7, 11) is 0. The summed E-state index contributed by atoms with van der Waals surface area (Å²) < 4.78 is 26.0. The maximum atomic E-state index is 13.0. The van der Waals surface area contributed by atoms with Crippen molar-refractivity contribution in [1.29, 1.82) is 0 Å². The lowest BCUT2D eigenvalue weighted by Crippen LogP contribution is -2.23. The summed E-state index contributed by atoms with van der Waals surface area (Å²) in [6.45, 7) is 3.90. The number of nitrogens with one attached hydrogen (secondary N) is 2. The SMILES string of the molecule is Cc1n[nH]c(C)c1CNC(=O)c1cc(F)cc(F)c1. The summed E-state index contributed by atoms with van der Waals surface area (Å²) >= 11 is 0. The Morgan fingerprint density at radius 3 is 2.42 bits per heavy atom. The smallest absolute Gasteiger partial charge is 0.251 e. The van der Waals surface area contributed by atoms with Gasteiger partial charge in [0.25, 0.3) is 5.91 Å². The molecule has 2 N–H and O–H groups in total. The van der Waals surface area contributed by atoms with Crippen molar-refractivity contribution in [3.63, 3.8) is 0 Å².